The Bertz CT molecular complexity index is 1270. The molecule has 0 N–H and O–H groups in total. The van der Waals surface area contributed by atoms with Gasteiger partial charge < -0.3 is 9.09 Å². The third kappa shape index (κ3) is 2.49. The van der Waals surface area contributed by atoms with Crippen LogP contribution in [0.2, 0.25) is 5.02 Å². The van der Waals surface area contributed by atoms with Crippen LogP contribution in [0.4, 0.5) is 0 Å². The molecule has 3 heterocycles. The molecule has 28 heavy (non-hydrogen) atoms. The first-order valence-corrected chi connectivity index (χ1v) is 9.92. The lowest BCUT2D eigenvalue weighted by atomic mass is 10.2. The van der Waals surface area contributed by atoms with Gasteiger partial charge in [-0.05, 0) is 43.9 Å². The van der Waals surface area contributed by atoms with E-state index in [1.54, 1.807) is 15.3 Å². The van der Waals surface area contributed by atoms with Crippen LogP contribution in [0.3, 0.4) is 0 Å². The summed E-state index contributed by atoms with van der Waals surface area (Å²) in [6, 6.07) is 5.55. The number of nitrogens with zero attached hydrogens (tertiary/aromatic N) is 5. The van der Waals surface area contributed by atoms with Crippen molar-refractivity contribution in [3.05, 3.63) is 45.8 Å². The van der Waals surface area contributed by atoms with Crippen LogP contribution in [0.25, 0.3) is 28.1 Å². The molecule has 0 saturated heterocycles. The van der Waals surface area contributed by atoms with Gasteiger partial charge in [-0.3, -0.25) is 9.20 Å². The summed E-state index contributed by atoms with van der Waals surface area (Å²) in [6.45, 7) is 6.23. The maximum Gasteiger partial charge on any atom is 0.278 e. The lowest BCUT2D eigenvalue weighted by Crippen LogP contribution is -2.25. The van der Waals surface area contributed by atoms with Gasteiger partial charge in [0.15, 0.2) is 0 Å². The van der Waals surface area contributed by atoms with Gasteiger partial charge in [0.05, 0.1) is 11.0 Å². The minimum Gasteiger partial charge on any atom is -0.339 e. The molecule has 1 saturated carbocycles. The van der Waals surface area contributed by atoms with Crippen molar-refractivity contribution in [2.24, 2.45) is 5.92 Å². The van der Waals surface area contributed by atoms with Gasteiger partial charge in [-0.2, -0.15) is 4.98 Å². The summed E-state index contributed by atoms with van der Waals surface area (Å²) in [5.41, 5.74) is 2.40. The van der Waals surface area contributed by atoms with Crippen LogP contribution in [0.1, 0.15) is 51.5 Å². The van der Waals surface area contributed by atoms with Crippen molar-refractivity contribution < 1.29 is 4.52 Å². The van der Waals surface area contributed by atoms with E-state index in [1.807, 2.05) is 25.1 Å². The highest BCUT2D eigenvalue weighted by molar-refractivity contribution is 6.31. The summed E-state index contributed by atoms with van der Waals surface area (Å²) >= 11 is 6.22. The minimum atomic E-state index is -0.136. The lowest BCUT2D eigenvalue weighted by Gasteiger charge is -2.18. The number of rotatable bonds is 4. The summed E-state index contributed by atoms with van der Waals surface area (Å²) in [6.07, 6.45) is 3.50. The van der Waals surface area contributed by atoms with Crippen LogP contribution in [0.5, 0.6) is 0 Å². The molecule has 0 aliphatic heterocycles. The molecular formula is C20H20ClN5O2. The summed E-state index contributed by atoms with van der Waals surface area (Å²) < 4.78 is 9.01. The molecule has 5 rings (SSSR count). The van der Waals surface area contributed by atoms with Crippen molar-refractivity contribution in [2.75, 3.05) is 0 Å². The van der Waals surface area contributed by atoms with E-state index in [0.29, 0.717) is 39.8 Å². The fourth-order valence-electron chi connectivity index (χ4n) is 3.78. The molecule has 1 aliphatic carbocycles. The van der Waals surface area contributed by atoms with Crippen molar-refractivity contribution in [1.82, 2.24) is 24.1 Å². The second-order valence-electron chi connectivity index (χ2n) is 7.65. The quantitative estimate of drug-likeness (QED) is 0.508. The van der Waals surface area contributed by atoms with Gasteiger partial charge in [0.1, 0.15) is 17.5 Å². The minimum absolute atomic E-state index is 0.00867. The zero-order chi connectivity index (χ0) is 19.6. The Balaban J connectivity index is 1.80. The largest absolute Gasteiger partial charge is 0.339 e. The van der Waals surface area contributed by atoms with E-state index in [-0.39, 0.29) is 11.6 Å². The summed E-state index contributed by atoms with van der Waals surface area (Å²) in [7, 11) is 0. The molecule has 3 aromatic heterocycles. The van der Waals surface area contributed by atoms with E-state index < -0.39 is 0 Å². The average molecular weight is 398 g/mol. The van der Waals surface area contributed by atoms with Crippen LogP contribution in [0, 0.1) is 5.92 Å². The van der Waals surface area contributed by atoms with E-state index >= 15 is 0 Å². The van der Waals surface area contributed by atoms with Crippen molar-refractivity contribution >= 4 is 28.2 Å². The topological polar surface area (TPSA) is 78.2 Å². The monoisotopic (exact) mass is 397 g/mol. The Morgan fingerprint density at radius 1 is 1.36 bits per heavy atom. The predicted molar refractivity (Wildman–Crippen MR) is 107 cm³/mol. The number of hydrogen-bond donors (Lipinski definition) is 0. The number of fused-ring (bicyclic) bond motifs is 3. The van der Waals surface area contributed by atoms with E-state index in [2.05, 4.69) is 29.0 Å². The smallest absolute Gasteiger partial charge is 0.278 e. The SMILES string of the molecule is CCC(C)n1c(=O)c2c(-c3noc(C4CC4C)n3)ncn2c2ccc(Cl)cc21. The van der Waals surface area contributed by atoms with Gasteiger partial charge in [-0.1, -0.05) is 30.6 Å². The molecule has 8 heteroatoms. The Hall–Kier alpha value is -2.67. The van der Waals surface area contributed by atoms with E-state index in [4.69, 9.17) is 16.1 Å². The van der Waals surface area contributed by atoms with E-state index in [0.717, 1.165) is 23.9 Å². The van der Waals surface area contributed by atoms with Crippen LogP contribution >= 0.6 is 11.6 Å². The molecule has 0 spiro atoms. The Kier molecular flexibility index (Phi) is 3.84. The Morgan fingerprint density at radius 3 is 2.86 bits per heavy atom. The highest BCUT2D eigenvalue weighted by Gasteiger charge is 2.39. The average Bonchev–Trinajstić information content (AvgIpc) is 3.09. The van der Waals surface area contributed by atoms with Gasteiger partial charge in [-0.15, -0.1) is 0 Å². The molecule has 0 amide bonds. The molecule has 4 aromatic rings. The molecule has 1 aliphatic rings. The summed E-state index contributed by atoms with van der Waals surface area (Å²) in [4.78, 5) is 22.5. The molecule has 144 valence electrons. The van der Waals surface area contributed by atoms with Crippen LogP contribution in [-0.2, 0) is 0 Å². The first-order chi connectivity index (χ1) is 13.5. The second-order valence-corrected chi connectivity index (χ2v) is 8.09. The molecule has 1 fully saturated rings. The van der Waals surface area contributed by atoms with Gasteiger partial charge in [0.25, 0.3) is 5.56 Å². The molecule has 0 bridgehead atoms. The zero-order valence-electron chi connectivity index (χ0n) is 15.9. The maximum atomic E-state index is 13.5. The molecule has 7 nitrogen and oxygen atoms in total. The molecule has 0 radical (unpaired) electrons. The summed E-state index contributed by atoms with van der Waals surface area (Å²) in [5, 5.41) is 4.69. The number of hydrogen-bond acceptors (Lipinski definition) is 5. The van der Waals surface area contributed by atoms with Crippen molar-refractivity contribution in [3.63, 3.8) is 0 Å². The molecular weight excluding hydrogens is 378 g/mol. The van der Waals surface area contributed by atoms with Gasteiger partial charge in [0, 0.05) is 17.0 Å². The second kappa shape index (κ2) is 6.17. The van der Waals surface area contributed by atoms with Crippen molar-refractivity contribution in [2.45, 2.75) is 45.6 Å². The maximum absolute atomic E-state index is 13.5. The predicted octanol–water partition coefficient (Wildman–Crippen LogP) is 4.45. The van der Waals surface area contributed by atoms with Crippen molar-refractivity contribution in [1.29, 1.82) is 0 Å². The van der Waals surface area contributed by atoms with Gasteiger partial charge in [0.2, 0.25) is 11.7 Å². The number of benzene rings is 1. The Labute approximate surface area is 166 Å². The fourth-order valence-corrected chi connectivity index (χ4v) is 3.95. The first kappa shape index (κ1) is 17.4. The highest BCUT2D eigenvalue weighted by Crippen LogP contribution is 2.46. The normalized spacial score (nSPS) is 20.1. The van der Waals surface area contributed by atoms with E-state index in [1.165, 1.54) is 0 Å². The van der Waals surface area contributed by atoms with Crippen LogP contribution in [-0.4, -0.2) is 24.1 Å². The first-order valence-electron chi connectivity index (χ1n) is 9.54. The van der Waals surface area contributed by atoms with Crippen LogP contribution < -0.4 is 5.56 Å². The lowest BCUT2D eigenvalue weighted by molar-refractivity contribution is 0.376. The van der Waals surface area contributed by atoms with Gasteiger partial charge in [-0.25, -0.2) is 4.98 Å². The number of halogens is 1. The molecule has 3 atom stereocenters. The number of imidazole rings is 1. The van der Waals surface area contributed by atoms with E-state index in [9.17, 15) is 4.79 Å². The third-order valence-electron chi connectivity index (χ3n) is 5.76. The van der Waals surface area contributed by atoms with Gasteiger partial charge >= 0.3 is 0 Å². The molecule has 1 aromatic carbocycles. The number of aromatic nitrogens is 5. The fraction of sp³-hybridized carbons (Fsp3) is 0.400. The summed E-state index contributed by atoms with van der Waals surface area (Å²) in [5.74, 6) is 1.86. The van der Waals surface area contributed by atoms with Crippen molar-refractivity contribution in [3.8, 4) is 11.5 Å². The third-order valence-corrected chi connectivity index (χ3v) is 5.99. The molecule has 3 unspecified atom stereocenters. The standard InChI is InChI=1S/C20H20ClN5O2/c1-4-11(3)26-15-8-12(21)5-6-14(15)25-9-22-16(17(25)20(26)27)18-23-19(28-24-18)13-7-10(13)2/h5-6,8-11,13H,4,7H2,1-3H3. The van der Waals surface area contributed by atoms with Crippen LogP contribution in [0.15, 0.2) is 33.8 Å². The highest BCUT2D eigenvalue weighted by atomic mass is 35.5. The Morgan fingerprint density at radius 2 is 2.14 bits per heavy atom. The zero-order valence-corrected chi connectivity index (χ0v) is 16.6.